The lowest BCUT2D eigenvalue weighted by Crippen LogP contribution is -2.44. The van der Waals surface area contributed by atoms with Crippen molar-refractivity contribution in [1.29, 1.82) is 0 Å². The Morgan fingerprint density at radius 3 is 1.43 bits per heavy atom. The van der Waals surface area contributed by atoms with Crippen LogP contribution in [-0.2, 0) is 9.47 Å². The maximum atomic E-state index is 13.1. The third-order valence-corrected chi connectivity index (χ3v) is 11.5. The van der Waals surface area contributed by atoms with Gasteiger partial charge in [0.05, 0.1) is 11.0 Å². The van der Waals surface area contributed by atoms with Crippen LogP contribution in [0.2, 0.25) is 0 Å². The van der Waals surface area contributed by atoms with Gasteiger partial charge in [-0.05, 0) is 163 Å². The van der Waals surface area contributed by atoms with Gasteiger partial charge in [-0.1, -0.05) is 24.3 Å². The summed E-state index contributed by atoms with van der Waals surface area (Å²) in [5.41, 5.74) is 7.57. The zero-order chi connectivity index (χ0) is 48.6. The number of nitrogens with two attached hydrogens (primary N) is 1. The van der Waals surface area contributed by atoms with Gasteiger partial charge in [0.15, 0.2) is 0 Å². The highest BCUT2D eigenvalue weighted by Crippen LogP contribution is 2.24. The molecule has 2 fully saturated rings. The number of aromatic nitrogens is 2. The number of likely N-dealkylation sites (tertiary alicyclic amines) is 2. The molecule has 2 aromatic carbocycles. The number of ether oxygens (including phenoxy) is 2. The van der Waals surface area contributed by atoms with E-state index in [4.69, 9.17) is 20.3 Å². The van der Waals surface area contributed by atoms with Gasteiger partial charge >= 0.3 is 18.2 Å². The largest absolute Gasteiger partial charge is 0.477 e. The summed E-state index contributed by atoms with van der Waals surface area (Å²) in [5, 5.41) is 13.8. The number of fused-ring (bicyclic) bond motifs is 2. The van der Waals surface area contributed by atoms with E-state index in [0.717, 1.165) is 78.3 Å². The van der Waals surface area contributed by atoms with Crippen LogP contribution in [0, 0.1) is 25.7 Å². The second-order valence-corrected chi connectivity index (χ2v) is 19.7. The van der Waals surface area contributed by atoms with Crippen LogP contribution >= 0.6 is 0 Å². The fourth-order valence-corrected chi connectivity index (χ4v) is 8.01. The summed E-state index contributed by atoms with van der Waals surface area (Å²) < 4.78 is 14.0. The lowest BCUT2D eigenvalue weighted by molar-refractivity contribution is 0.0175. The molecule has 65 heavy (non-hydrogen) atoms. The second-order valence-electron chi connectivity index (χ2n) is 19.7. The number of amides is 3. The number of aryl methyl sites for hydroxylation is 2. The number of hydrogen-bond acceptors (Lipinski definition) is 9. The van der Waals surface area contributed by atoms with E-state index in [-0.39, 0.29) is 52.8 Å². The minimum atomic E-state index is -1.18. The number of carboxylic acids is 1. The van der Waals surface area contributed by atoms with Gasteiger partial charge in [0.2, 0.25) is 0 Å². The zero-order valence-electron chi connectivity index (χ0n) is 40.6. The van der Waals surface area contributed by atoms with Gasteiger partial charge in [-0.2, -0.15) is 0 Å². The molecule has 4 N–H and O–H groups in total. The average Bonchev–Trinajstić information content (AvgIpc) is 3.21. The Bertz CT molecular complexity index is 2440. The van der Waals surface area contributed by atoms with Crippen molar-refractivity contribution in [1.82, 2.24) is 24.3 Å². The van der Waals surface area contributed by atoms with Crippen LogP contribution in [0.1, 0.15) is 139 Å². The first-order chi connectivity index (χ1) is 30.3. The van der Waals surface area contributed by atoms with Gasteiger partial charge in [0.25, 0.3) is 17.0 Å². The molecule has 0 spiro atoms. The lowest BCUT2D eigenvalue weighted by Gasteiger charge is -2.33. The van der Waals surface area contributed by atoms with Crippen molar-refractivity contribution in [2.45, 2.75) is 132 Å². The van der Waals surface area contributed by atoms with Crippen LogP contribution < -0.4 is 22.2 Å². The highest BCUT2D eigenvalue weighted by molar-refractivity contribution is 5.98. The number of pyridine rings is 2. The molecule has 15 nitrogen and oxygen atoms in total. The van der Waals surface area contributed by atoms with E-state index in [2.05, 4.69) is 5.32 Å². The van der Waals surface area contributed by atoms with Gasteiger partial charge in [0, 0.05) is 55.6 Å². The molecule has 356 valence electrons. The fraction of sp³-hybridized carbons (Fsp3) is 0.560. The van der Waals surface area contributed by atoms with Gasteiger partial charge in [-0.25, -0.2) is 14.4 Å². The van der Waals surface area contributed by atoms with Crippen molar-refractivity contribution >= 4 is 45.9 Å². The van der Waals surface area contributed by atoms with Crippen LogP contribution in [-0.4, -0.2) is 98.6 Å². The average molecular weight is 901 g/mol. The van der Waals surface area contributed by atoms with Crippen molar-refractivity contribution < 1.29 is 33.8 Å². The minimum absolute atomic E-state index is 0.0586. The number of carbonyl (C=O) groups is 4. The summed E-state index contributed by atoms with van der Waals surface area (Å²) in [5.74, 6) is -0.695. The summed E-state index contributed by atoms with van der Waals surface area (Å²) in [4.78, 5) is 76.8. The molecule has 15 heteroatoms. The molecule has 2 saturated heterocycles. The van der Waals surface area contributed by atoms with E-state index in [1.165, 1.54) is 10.6 Å². The van der Waals surface area contributed by atoms with Gasteiger partial charge in [-0.3, -0.25) is 14.4 Å². The maximum absolute atomic E-state index is 13.1. The Morgan fingerprint density at radius 2 is 1.06 bits per heavy atom. The lowest BCUT2D eigenvalue weighted by atomic mass is 9.97. The van der Waals surface area contributed by atoms with Gasteiger partial charge < -0.3 is 44.6 Å². The topological polar surface area (TPSA) is 196 Å². The van der Waals surface area contributed by atoms with E-state index in [1.54, 1.807) is 20.4 Å². The van der Waals surface area contributed by atoms with E-state index in [9.17, 15) is 28.8 Å². The second kappa shape index (κ2) is 22.0. The van der Waals surface area contributed by atoms with Gasteiger partial charge in [-0.15, -0.1) is 0 Å². The number of nitrogens with zero attached hydrogens (tertiary/aromatic N) is 4. The number of piperidine rings is 2. The Balaban J connectivity index is 0.000000236. The molecule has 0 atom stereocenters. The maximum Gasteiger partial charge on any atom is 0.410 e. The Labute approximate surface area is 383 Å². The summed E-state index contributed by atoms with van der Waals surface area (Å²) in [7, 11) is 0. The molecular formula is C50H72N6O9. The standard InChI is InChI=1S/C25H35N3O4.C14H15NO3.C11H22N2O2/c1-16(2)28-21-9-7-8-17(3)19(21)14-20(23(28)30)22(29)26-15-18-10-12-27(13-11-18)24(31)32-25(4,5)6;1-8(2)15-12-6-4-5-9(3)10(12)7-11(13(15)16)14(17)18;1-11(2,3)15-10(14)13-6-4-9(8-12)5-7-13/h7-9,14,16,18H,10-13,15H2,1-6H3,(H,26,29);4-8H,1-3H3,(H,17,18);9H,4-8,12H2,1-3H3. The van der Waals surface area contributed by atoms with Crippen molar-refractivity contribution in [3.63, 3.8) is 0 Å². The van der Waals surface area contributed by atoms with Crippen LogP contribution in [0.15, 0.2) is 58.1 Å². The Kier molecular flexibility index (Phi) is 17.6. The molecule has 0 aliphatic carbocycles. The first-order valence-corrected chi connectivity index (χ1v) is 22.8. The molecular weight excluding hydrogens is 829 g/mol. The third-order valence-electron chi connectivity index (χ3n) is 11.5. The predicted molar refractivity (Wildman–Crippen MR) is 256 cm³/mol. The van der Waals surface area contributed by atoms with Crippen molar-refractivity contribution in [2.24, 2.45) is 17.6 Å². The zero-order valence-corrected chi connectivity index (χ0v) is 40.6. The number of carbonyl (C=O) groups excluding carboxylic acids is 3. The van der Waals surface area contributed by atoms with Crippen molar-refractivity contribution in [3.05, 3.63) is 91.5 Å². The molecule has 3 amide bonds. The van der Waals surface area contributed by atoms with E-state index >= 15 is 0 Å². The molecule has 2 aliphatic heterocycles. The van der Waals surface area contributed by atoms with Crippen LogP contribution in [0.3, 0.4) is 0 Å². The summed E-state index contributed by atoms with van der Waals surface area (Å²) in [6.45, 7) is 26.7. The molecule has 0 saturated carbocycles. The van der Waals surface area contributed by atoms with Crippen molar-refractivity contribution in [3.8, 4) is 0 Å². The molecule has 0 radical (unpaired) electrons. The Morgan fingerprint density at radius 1 is 0.677 bits per heavy atom. The summed E-state index contributed by atoms with van der Waals surface area (Å²) in [6, 6.07) is 14.5. The predicted octanol–water partition coefficient (Wildman–Crippen LogP) is 8.45. The number of carboxylic acid groups (broad SMARTS) is 1. The highest BCUT2D eigenvalue weighted by atomic mass is 16.6. The SMILES string of the molecule is CC(C)(C)OC(=O)N1CCC(CN)CC1.Cc1cccc2c1cc(C(=O)NCC1CCN(C(=O)OC(C)(C)C)CC1)c(=O)n2C(C)C.Cc1cccc2c1cc(C(=O)O)c(=O)n2C(C)C. The quantitative estimate of drug-likeness (QED) is 0.162. The molecule has 0 unspecified atom stereocenters. The normalized spacial score (nSPS) is 15.0. The van der Waals surface area contributed by atoms with Crippen molar-refractivity contribution in [2.75, 3.05) is 39.3 Å². The summed E-state index contributed by atoms with van der Waals surface area (Å²) >= 11 is 0. The fourth-order valence-electron chi connectivity index (χ4n) is 8.01. The molecule has 4 aromatic rings. The van der Waals surface area contributed by atoms with E-state index in [1.807, 2.05) is 119 Å². The number of rotatable bonds is 7. The minimum Gasteiger partial charge on any atom is -0.477 e. The van der Waals surface area contributed by atoms with Crippen LogP contribution in [0.5, 0.6) is 0 Å². The number of nitrogens with one attached hydrogen (secondary N) is 1. The Hall–Kier alpha value is -5.70. The third kappa shape index (κ3) is 13.9. The molecule has 6 rings (SSSR count). The van der Waals surface area contributed by atoms with Crippen LogP contribution in [0.4, 0.5) is 9.59 Å². The molecule has 4 heterocycles. The number of benzene rings is 2. The first-order valence-electron chi connectivity index (χ1n) is 22.8. The first kappa shape index (κ1) is 51.9. The molecule has 2 aliphatic rings. The van der Waals surface area contributed by atoms with E-state index < -0.39 is 22.7 Å². The number of hydrogen-bond donors (Lipinski definition) is 3. The van der Waals surface area contributed by atoms with Crippen LogP contribution in [0.25, 0.3) is 21.8 Å². The number of aromatic carboxylic acids is 1. The monoisotopic (exact) mass is 901 g/mol. The molecule has 2 aromatic heterocycles. The molecule has 0 bridgehead atoms. The summed E-state index contributed by atoms with van der Waals surface area (Å²) in [6.07, 6.45) is 3.07. The van der Waals surface area contributed by atoms with Gasteiger partial charge in [0.1, 0.15) is 22.3 Å². The van der Waals surface area contributed by atoms with E-state index in [0.29, 0.717) is 25.6 Å². The highest BCUT2D eigenvalue weighted by Gasteiger charge is 2.29. The smallest absolute Gasteiger partial charge is 0.410 e.